The first-order valence-electron chi connectivity index (χ1n) is 8.77. The van der Waals surface area contributed by atoms with Crippen LogP contribution in [0.3, 0.4) is 0 Å². The largest absolute Gasteiger partial charge is 0.429 e. The highest BCUT2D eigenvalue weighted by Crippen LogP contribution is 2.35. The molecular weight excluding hydrogens is 441 g/mol. The van der Waals surface area contributed by atoms with Gasteiger partial charge in [0.25, 0.3) is 5.89 Å². The molecule has 144 valence electrons. The first-order valence-corrected chi connectivity index (χ1v) is 10.3. The molecule has 1 aliphatic carbocycles. The van der Waals surface area contributed by atoms with Crippen LogP contribution in [0.1, 0.15) is 37.0 Å². The normalized spacial score (nSPS) is 12.8. The van der Waals surface area contributed by atoms with Gasteiger partial charge in [0.15, 0.2) is 22.0 Å². The van der Waals surface area contributed by atoms with Gasteiger partial charge >= 0.3 is 0 Å². The number of ketones is 2. The lowest BCUT2D eigenvalue weighted by atomic mass is 10.1. The van der Waals surface area contributed by atoms with E-state index in [2.05, 4.69) is 16.8 Å². The predicted molar refractivity (Wildman–Crippen MR) is 117 cm³/mol. The molecule has 7 heteroatoms. The lowest BCUT2D eigenvalue weighted by Gasteiger charge is -1.98. The molecule has 0 bridgehead atoms. The van der Waals surface area contributed by atoms with Crippen LogP contribution in [0.4, 0.5) is 0 Å². The van der Waals surface area contributed by atoms with E-state index in [-0.39, 0.29) is 38.3 Å². The number of Topliss-reactive ketones (excluding diaryl/α,β-unsaturated/α-hetero) is 2. The van der Waals surface area contributed by atoms with E-state index in [1.165, 1.54) is 23.5 Å². The zero-order valence-electron chi connectivity index (χ0n) is 15.0. The number of thiophene rings is 1. The zero-order valence-corrected chi connectivity index (χ0v) is 17.4. The molecule has 30 heavy (non-hydrogen) atoms. The van der Waals surface area contributed by atoms with Gasteiger partial charge in [-0.1, -0.05) is 47.3 Å². The number of benzene rings is 2. The van der Waals surface area contributed by atoms with Crippen LogP contribution in [0.2, 0.25) is 10.0 Å². The number of nitrogens with zero attached hydrogens (tertiary/aromatic N) is 1. The Labute approximate surface area is 184 Å². The van der Waals surface area contributed by atoms with E-state index in [1.54, 1.807) is 12.1 Å². The van der Waals surface area contributed by atoms with Gasteiger partial charge in [0.05, 0.1) is 15.6 Å². The van der Waals surface area contributed by atoms with Crippen molar-refractivity contribution < 1.29 is 14.0 Å². The number of rotatable bonds is 1. The van der Waals surface area contributed by atoms with Gasteiger partial charge in [-0.2, -0.15) is 4.98 Å². The van der Waals surface area contributed by atoms with E-state index in [0.717, 1.165) is 5.56 Å². The van der Waals surface area contributed by atoms with Gasteiger partial charge in [-0.15, -0.1) is 11.3 Å². The van der Waals surface area contributed by atoms with E-state index < -0.39 is 0 Å². The van der Waals surface area contributed by atoms with Crippen molar-refractivity contribution in [1.29, 1.82) is 0 Å². The van der Waals surface area contributed by atoms with Crippen molar-refractivity contribution in [2.75, 3.05) is 0 Å². The first-order chi connectivity index (χ1) is 14.5. The number of hydrogen-bond acceptors (Lipinski definition) is 5. The van der Waals surface area contributed by atoms with Crippen molar-refractivity contribution in [1.82, 2.24) is 4.98 Å². The number of allylic oxidation sites excluding steroid dienone is 1. The Morgan fingerprint density at radius 3 is 2.23 bits per heavy atom. The highest BCUT2D eigenvalue weighted by Gasteiger charge is 2.34. The summed E-state index contributed by atoms with van der Waals surface area (Å²) in [6, 6.07) is 14.1. The van der Waals surface area contributed by atoms with Crippen LogP contribution in [0.5, 0.6) is 0 Å². The zero-order chi connectivity index (χ0) is 20.8. The highest BCUT2D eigenvalue weighted by molar-refractivity contribution is 7.19. The van der Waals surface area contributed by atoms with E-state index in [4.69, 9.17) is 27.6 Å². The average Bonchev–Trinajstić information content (AvgIpc) is 3.35. The summed E-state index contributed by atoms with van der Waals surface area (Å²) in [4.78, 5) is 31.0. The van der Waals surface area contributed by atoms with Crippen molar-refractivity contribution in [2.24, 2.45) is 0 Å². The predicted octanol–water partition coefficient (Wildman–Crippen LogP) is 6.06. The molecule has 0 amide bonds. The van der Waals surface area contributed by atoms with Crippen LogP contribution in [0, 0.1) is 11.8 Å². The monoisotopic (exact) mass is 449 g/mol. The summed E-state index contributed by atoms with van der Waals surface area (Å²) in [5.41, 5.74) is 2.00. The Hall–Kier alpha value is -3.17. The van der Waals surface area contributed by atoms with E-state index in [0.29, 0.717) is 21.2 Å². The molecule has 0 spiro atoms. The number of aromatic nitrogens is 1. The molecule has 1 aliphatic rings. The number of halogens is 2. The number of fused-ring (bicyclic) bond motifs is 2. The van der Waals surface area contributed by atoms with Crippen molar-refractivity contribution in [3.05, 3.63) is 91.6 Å². The summed E-state index contributed by atoms with van der Waals surface area (Å²) in [6.45, 7) is 0. The molecule has 2 aromatic heterocycles. The molecule has 0 fully saturated rings. The number of carbonyl (C=O) groups is 2. The third kappa shape index (κ3) is 3.25. The molecule has 5 rings (SSSR count). The lowest BCUT2D eigenvalue weighted by Crippen LogP contribution is -1.99. The summed E-state index contributed by atoms with van der Waals surface area (Å²) in [5.74, 6) is 5.45. The maximum atomic E-state index is 12.7. The maximum Gasteiger partial charge on any atom is 0.275 e. The minimum Gasteiger partial charge on any atom is -0.429 e. The second-order valence-corrected chi connectivity index (χ2v) is 8.36. The van der Waals surface area contributed by atoms with Gasteiger partial charge in [-0.05, 0) is 36.3 Å². The first kappa shape index (κ1) is 18.8. The second-order valence-electron chi connectivity index (χ2n) is 6.48. The Bertz CT molecular complexity index is 1380. The van der Waals surface area contributed by atoms with Crippen LogP contribution in [-0.4, -0.2) is 16.6 Å². The number of hydrogen-bond donors (Lipinski definition) is 0. The highest BCUT2D eigenvalue weighted by atomic mass is 35.5. The van der Waals surface area contributed by atoms with Gasteiger partial charge in [0.1, 0.15) is 0 Å². The molecule has 2 heterocycles. The summed E-state index contributed by atoms with van der Waals surface area (Å²) in [7, 11) is 0. The van der Waals surface area contributed by atoms with Crippen molar-refractivity contribution in [2.45, 2.75) is 0 Å². The van der Waals surface area contributed by atoms with Crippen molar-refractivity contribution in [3.63, 3.8) is 0 Å². The van der Waals surface area contributed by atoms with Gasteiger partial charge in [-0.25, -0.2) is 0 Å². The number of oxazole rings is 1. The minimum atomic E-state index is -0.374. The molecular formula is C23H9Cl2NO3S. The van der Waals surface area contributed by atoms with Crippen LogP contribution in [0.25, 0.3) is 16.5 Å². The molecule has 0 saturated heterocycles. The topological polar surface area (TPSA) is 60.2 Å². The van der Waals surface area contributed by atoms with Crippen LogP contribution in [0.15, 0.2) is 58.5 Å². The molecule has 2 aromatic carbocycles. The van der Waals surface area contributed by atoms with Gasteiger partial charge < -0.3 is 4.42 Å². The minimum absolute atomic E-state index is 0.0660. The second kappa shape index (κ2) is 7.26. The van der Waals surface area contributed by atoms with E-state index in [9.17, 15) is 9.59 Å². The molecule has 4 aromatic rings. The Balaban J connectivity index is 1.46. The fourth-order valence-electron chi connectivity index (χ4n) is 3.11. The molecule has 0 radical (unpaired) electrons. The summed E-state index contributed by atoms with van der Waals surface area (Å²) < 4.78 is 5.67. The third-order valence-electron chi connectivity index (χ3n) is 4.52. The van der Waals surface area contributed by atoms with Gasteiger partial charge in [-0.3, -0.25) is 9.59 Å². The summed E-state index contributed by atoms with van der Waals surface area (Å²) >= 11 is 13.3. The van der Waals surface area contributed by atoms with Crippen LogP contribution >= 0.6 is 34.5 Å². The molecule has 0 unspecified atom stereocenters. The maximum absolute atomic E-state index is 12.7. The van der Waals surface area contributed by atoms with Crippen LogP contribution < -0.4 is 0 Å². The Morgan fingerprint density at radius 2 is 1.60 bits per heavy atom. The molecule has 4 nitrogen and oxygen atoms in total. The third-order valence-corrected chi connectivity index (χ3v) is 6.20. The molecule has 0 aliphatic heterocycles. The fourth-order valence-corrected chi connectivity index (χ4v) is 4.34. The summed E-state index contributed by atoms with van der Waals surface area (Å²) in [6.07, 6.45) is 1.55. The summed E-state index contributed by atoms with van der Waals surface area (Å²) in [5, 5.41) is 0.472. The Kier molecular flexibility index (Phi) is 4.56. The smallest absolute Gasteiger partial charge is 0.275 e. The number of carbonyl (C=O) groups excluding carboxylic acids is 2. The van der Waals surface area contributed by atoms with Crippen LogP contribution in [-0.2, 0) is 0 Å². The van der Waals surface area contributed by atoms with E-state index in [1.807, 2.05) is 30.3 Å². The van der Waals surface area contributed by atoms with Crippen molar-refractivity contribution in [3.8, 4) is 11.8 Å². The average molecular weight is 450 g/mol. The quantitative estimate of drug-likeness (QED) is 0.201. The van der Waals surface area contributed by atoms with Crippen molar-refractivity contribution >= 4 is 62.6 Å². The van der Waals surface area contributed by atoms with Gasteiger partial charge in [0, 0.05) is 27.6 Å². The fraction of sp³-hybridized carbons (Fsp3) is 0. The molecule has 0 atom stereocenters. The van der Waals surface area contributed by atoms with E-state index >= 15 is 0 Å². The van der Waals surface area contributed by atoms with Gasteiger partial charge in [0.2, 0.25) is 0 Å². The lowest BCUT2D eigenvalue weighted by molar-refractivity contribution is 0.0990. The molecule has 0 N–H and O–H groups in total. The Morgan fingerprint density at radius 1 is 0.933 bits per heavy atom. The standard InChI is InChI=1S/C23H9Cl2NO3S/c24-17-10-14-15(11-18(17)25)22(28)16(21(14)27)8-13-9-19-23(30-13)26-20(29-19)7-6-12-4-2-1-3-5-12/h1-5,8-11H. The molecule has 0 saturated carbocycles. The SMILES string of the molecule is O=C1C(=Cc2cc3oc(C#Cc4ccccc4)nc3s2)C(=O)c2cc(Cl)c(Cl)cc21.